The van der Waals surface area contributed by atoms with Gasteiger partial charge < -0.3 is 0 Å². The van der Waals surface area contributed by atoms with Gasteiger partial charge in [0.1, 0.15) is 0 Å². The Morgan fingerprint density at radius 1 is 1.29 bits per heavy atom. The summed E-state index contributed by atoms with van der Waals surface area (Å²) in [5.74, 6) is 0.432. The van der Waals surface area contributed by atoms with Crippen LogP contribution in [-0.4, -0.2) is 19.5 Å². The molecule has 17 heavy (non-hydrogen) atoms. The van der Waals surface area contributed by atoms with Crippen molar-refractivity contribution in [2.45, 2.75) is 31.6 Å². The van der Waals surface area contributed by atoms with Gasteiger partial charge in [-0.05, 0) is 30.9 Å². The first kappa shape index (κ1) is 14.7. The Morgan fingerprint density at radius 3 is 2.47 bits per heavy atom. The van der Waals surface area contributed by atoms with Crippen molar-refractivity contribution in [3.8, 4) is 0 Å². The van der Waals surface area contributed by atoms with E-state index in [9.17, 15) is 8.42 Å². The Morgan fingerprint density at radius 2 is 1.94 bits per heavy atom. The Labute approximate surface area is 112 Å². The Bertz CT molecular complexity index is 454. The average Bonchev–Trinajstić information content (AvgIpc) is 2.28. The molecule has 2 nitrogen and oxygen atoms in total. The van der Waals surface area contributed by atoms with Gasteiger partial charge in [-0.2, -0.15) is 0 Å². The maximum atomic E-state index is 12.3. The summed E-state index contributed by atoms with van der Waals surface area (Å²) >= 11 is 3.40. The highest BCUT2D eigenvalue weighted by Gasteiger charge is 2.21. The molecule has 0 aliphatic heterocycles. The lowest BCUT2D eigenvalue weighted by atomic mass is 10.1. The lowest BCUT2D eigenvalue weighted by molar-refractivity contribution is 0.551. The van der Waals surface area contributed by atoms with Crippen LogP contribution in [0.4, 0.5) is 0 Å². The van der Waals surface area contributed by atoms with E-state index in [1.807, 2.05) is 19.1 Å². The molecule has 0 aromatic heterocycles. The third-order valence-corrected chi connectivity index (χ3v) is 5.75. The van der Waals surface area contributed by atoms with Crippen molar-refractivity contribution in [2.75, 3.05) is 11.1 Å². The van der Waals surface area contributed by atoms with Gasteiger partial charge in [0.2, 0.25) is 0 Å². The van der Waals surface area contributed by atoms with Crippen LogP contribution in [0.15, 0.2) is 29.2 Å². The van der Waals surface area contributed by atoms with Crippen LogP contribution in [0.25, 0.3) is 0 Å². The Hall–Kier alpha value is -0.350. The molecular formula is C13H19BrO2S. The van der Waals surface area contributed by atoms with Crippen molar-refractivity contribution in [3.63, 3.8) is 0 Å². The first-order valence-corrected chi connectivity index (χ1v) is 8.63. The third-order valence-electron chi connectivity index (χ3n) is 2.80. The molecule has 0 saturated heterocycles. The summed E-state index contributed by atoms with van der Waals surface area (Å²) in [5.41, 5.74) is 0.831. The first-order valence-electron chi connectivity index (χ1n) is 5.85. The van der Waals surface area contributed by atoms with E-state index in [2.05, 4.69) is 22.9 Å². The van der Waals surface area contributed by atoms with Crippen LogP contribution >= 0.6 is 15.9 Å². The monoisotopic (exact) mass is 318 g/mol. The Balaban J connectivity index is 2.92. The molecule has 0 N–H and O–H groups in total. The van der Waals surface area contributed by atoms with Crippen LogP contribution in [0.1, 0.15) is 25.3 Å². The predicted molar refractivity (Wildman–Crippen MR) is 75.4 cm³/mol. The molecule has 1 aromatic carbocycles. The van der Waals surface area contributed by atoms with Crippen LogP contribution < -0.4 is 0 Å². The molecule has 0 heterocycles. The van der Waals surface area contributed by atoms with Crippen molar-refractivity contribution in [2.24, 2.45) is 5.92 Å². The number of halogens is 1. The molecule has 0 saturated carbocycles. The standard InChI is InChI=1S/C13H19BrO2S/c1-3-6-12(9-14)10-17(15,16)13-8-5-4-7-11(13)2/h4-5,7-8,12H,3,6,9-10H2,1-2H3. The number of hydrogen-bond donors (Lipinski definition) is 0. The maximum absolute atomic E-state index is 12.3. The van der Waals surface area contributed by atoms with Gasteiger partial charge in [0.15, 0.2) is 9.84 Å². The summed E-state index contributed by atoms with van der Waals surface area (Å²) in [4.78, 5) is 0.474. The lowest BCUT2D eigenvalue weighted by Gasteiger charge is -2.14. The van der Waals surface area contributed by atoms with Gasteiger partial charge in [0.05, 0.1) is 10.6 Å². The number of sulfone groups is 1. The van der Waals surface area contributed by atoms with Crippen molar-refractivity contribution < 1.29 is 8.42 Å². The largest absolute Gasteiger partial charge is 0.224 e. The molecule has 0 amide bonds. The van der Waals surface area contributed by atoms with Gasteiger partial charge in [-0.15, -0.1) is 0 Å². The molecule has 0 fully saturated rings. The van der Waals surface area contributed by atoms with E-state index in [0.717, 1.165) is 23.7 Å². The van der Waals surface area contributed by atoms with E-state index in [-0.39, 0.29) is 11.7 Å². The molecule has 0 spiro atoms. The van der Waals surface area contributed by atoms with E-state index in [4.69, 9.17) is 0 Å². The summed E-state index contributed by atoms with van der Waals surface area (Å²) in [6, 6.07) is 7.18. The topological polar surface area (TPSA) is 34.1 Å². The second kappa shape index (κ2) is 6.55. The quantitative estimate of drug-likeness (QED) is 0.751. The fourth-order valence-electron chi connectivity index (χ4n) is 1.92. The predicted octanol–water partition coefficient (Wildman–Crippen LogP) is 3.58. The van der Waals surface area contributed by atoms with Gasteiger partial charge in [0, 0.05) is 5.33 Å². The van der Waals surface area contributed by atoms with Crippen molar-refractivity contribution in [3.05, 3.63) is 29.8 Å². The van der Waals surface area contributed by atoms with E-state index in [1.165, 1.54) is 0 Å². The number of alkyl halides is 1. The summed E-state index contributed by atoms with van der Waals surface area (Å²) in [5, 5.41) is 0.742. The SMILES string of the molecule is CCCC(CBr)CS(=O)(=O)c1ccccc1C. The molecule has 1 atom stereocenters. The molecule has 0 radical (unpaired) electrons. The summed E-state index contributed by atoms with van der Waals surface area (Å²) in [7, 11) is -3.15. The van der Waals surface area contributed by atoms with Crippen molar-refractivity contribution in [1.82, 2.24) is 0 Å². The highest BCUT2D eigenvalue weighted by atomic mass is 79.9. The average molecular weight is 319 g/mol. The van der Waals surface area contributed by atoms with Crippen LogP contribution in [-0.2, 0) is 9.84 Å². The molecule has 1 aromatic rings. The Kier molecular flexibility index (Phi) is 5.67. The zero-order chi connectivity index (χ0) is 12.9. The van der Waals surface area contributed by atoms with E-state index in [0.29, 0.717) is 4.90 Å². The lowest BCUT2D eigenvalue weighted by Crippen LogP contribution is -2.18. The fraction of sp³-hybridized carbons (Fsp3) is 0.538. The number of benzene rings is 1. The molecule has 1 unspecified atom stereocenters. The van der Waals surface area contributed by atoms with Gasteiger partial charge in [-0.1, -0.05) is 47.5 Å². The van der Waals surface area contributed by atoms with E-state index >= 15 is 0 Å². The second-order valence-electron chi connectivity index (χ2n) is 4.36. The zero-order valence-corrected chi connectivity index (χ0v) is 12.7. The smallest absolute Gasteiger partial charge is 0.178 e. The summed E-state index contributed by atoms with van der Waals surface area (Å²) in [6.45, 7) is 3.92. The summed E-state index contributed by atoms with van der Waals surface area (Å²) in [6.07, 6.45) is 1.95. The van der Waals surface area contributed by atoms with Crippen molar-refractivity contribution >= 4 is 25.8 Å². The highest BCUT2D eigenvalue weighted by Crippen LogP contribution is 2.21. The minimum Gasteiger partial charge on any atom is -0.224 e. The normalized spacial score (nSPS) is 13.6. The minimum absolute atomic E-state index is 0.199. The fourth-order valence-corrected chi connectivity index (χ4v) is 4.70. The molecule has 1 rings (SSSR count). The highest BCUT2D eigenvalue weighted by molar-refractivity contribution is 9.09. The van der Waals surface area contributed by atoms with E-state index in [1.54, 1.807) is 12.1 Å². The van der Waals surface area contributed by atoms with Crippen LogP contribution in [0.3, 0.4) is 0 Å². The van der Waals surface area contributed by atoms with Gasteiger partial charge in [-0.25, -0.2) is 8.42 Å². The molecule has 96 valence electrons. The van der Waals surface area contributed by atoms with Gasteiger partial charge >= 0.3 is 0 Å². The molecule has 0 bridgehead atoms. The van der Waals surface area contributed by atoms with Crippen LogP contribution in [0.2, 0.25) is 0 Å². The number of hydrogen-bond acceptors (Lipinski definition) is 2. The van der Waals surface area contributed by atoms with Crippen molar-refractivity contribution in [1.29, 1.82) is 0 Å². The van der Waals surface area contributed by atoms with Crippen LogP contribution in [0.5, 0.6) is 0 Å². The third kappa shape index (κ3) is 4.11. The molecule has 0 aliphatic rings. The van der Waals surface area contributed by atoms with Gasteiger partial charge in [0.25, 0.3) is 0 Å². The van der Waals surface area contributed by atoms with E-state index < -0.39 is 9.84 Å². The first-order chi connectivity index (χ1) is 8.01. The zero-order valence-electron chi connectivity index (χ0n) is 10.3. The second-order valence-corrected chi connectivity index (χ2v) is 7.01. The minimum atomic E-state index is -3.15. The number of aryl methyl sites for hydroxylation is 1. The molecule has 0 aliphatic carbocycles. The number of rotatable bonds is 6. The molecule has 4 heteroatoms. The van der Waals surface area contributed by atoms with Gasteiger partial charge in [-0.3, -0.25) is 0 Å². The van der Waals surface area contributed by atoms with Crippen LogP contribution in [0, 0.1) is 12.8 Å². The summed E-state index contributed by atoms with van der Waals surface area (Å²) < 4.78 is 24.6. The maximum Gasteiger partial charge on any atom is 0.178 e. The molecular weight excluding hydrogens is 300 g/mol.